The first kappa shape index (κ1) is 23.3. The van der Waals surface area contributed by atoms with E-state index in [0.29, 0.717) is 6.42 Å². The van der Waals surface area contributed by atoms with Crippen molar-refractivity contribution in [2.75, 3.05) is 0 Å². The molecule has 1 amide bonds. The molecule has 0 spiro atoms. The van der Waals surface area contributed by atoms with Gasteiger partial charge in [-0.05, 0) is 70.1 Å². The molecule has 1 N–H and O–H groups in total. The molecular formula is C30H32N2O3. The van der Waals surface area contributed by atoms with Crippen LogP contribution in [0.2, 0.25) is 0 Å². The molecule has 0 radical (unpaired) electrons. The number of nitrogens with zero attached hydrogens (tertiary/aromatic N) is 2. The summed E-state index contributed by atoms with van der Waals surface area (Å²) in [5, 5.41) is 10.1. The lowest BCUT2D eigenvalue weighted by molar-refractivity contribution is -0.0328. The second kappa shape index (κ2) is 8.63. The molecule has 2 aliphatic carbocycles. The number of carbonyl (C=O) groups is 2. The maximum Gasteiger partial charge on any atom is 0.408 e. The Balaban J connectivity index is 1.60. The van der Waals surface area contributed by atoms with Crippen LogP contribution in [0.5, 0.6) is 0 Å². The van der Waals surface area contributed by atoms with Crippen molar-refractivity contribution in [1.29, 1.82) is 0 Å². The maximum absolute atomic E-state index is 12.6. The smallest absolute Gasteiger partial charge is 0.408 e. The quantitative estimate of drug-likeness (QED) is 0.444. The van der Waals surface area contributed by atoms with Gasteiger partial charge in [-0.3, -0.25) is 14.7 Å². The highest BCUT2D eigenvalue weighted by Crippen LogP contribution is 2.49. The fourth-order valence-electron chi connectivity index (χ4n) is 5.80. The third-order valence-corrected chi connectivity index (χ3v) is 7.47. The SMILES string of the molecule is CC(C)(C)N(C(=O)O)C1(c2ccc(-c3nc4c(cc3-c3ccccc3)C(=O)CCC4)cc2)CCC1. The molecule has 3 aromatic rings. The number of hydrogen-bond donors (Lipinski definition) is 1. The van der Waals surface area contributed by atoms with Gasteiger partial charge in [-0.15, -0.1) is 0 Å². The summed E-state index contributed by atoms with van der Waals surface area (Å²) in [5.41, 5.74) is 5.46. The van der Waals surface area contributed by atoms with Gasteiger partial charge in [0.25, 0.3) is 0 Å². The zero-order valence-corrected chi connectivity index (χ0v) is 20.7. The van der Waals surface area contributed by atoms with Gasteiger partial charge in [-0.1, -0.05) is 54.6 Å². The van der Waals surface area contributed by atoms with E-state index in [1.807, 2.05) is 57.2 Å². The van der Waals surface area contributed by atoms with Crippen LogP contribution >= 0.6 is 0 Å². The predicted octanol–water partition coefficient (Wildman–Crippen LogP) is 7.09. The van der Waals surface area contributed by atoms with Crippen LogP contribution in [0, 0.1) is 0 Å². The zero-order chi connectivity index (χ0) is 24.8. The number of pyridine rings is 1. The third kappa shape index (κ3) is 4.03. The Morgan fingerprint density at radius 1 is 0.914 bits per heavy atom. The summed E-state index contributed by atoms with van der Waals surface area (Å²) < 4.78 is 0. The fraction of sp³-hybridized carbons (Fsp3) is 0.367. The number of carboxylic acid groups (broad SMARTS) is 1. The summed E-state index contributed by atoms with van der Waals surface area (Å²) in [5.74, 6) is 0.167. The Kier molecular flexibility index (Phi) is 5.74. The summed E-state index contributed by atoms with van der Waals surface area (Å²) in [6, 6.07) is 20.3. The van der Waals surface area contributed by atoms with Gasteiger partial charge in [0, 0.05) is 28.7 Å². The molecule has 0 aliphatic heterocycles. The van der Waals surface area contributed by atoms with Crippen LogP contribution in [0.25, 0.3) is 22.4 Å². The van der Waals surface area contributed by atoms with E-state index in [1.54, 1.807) is 4.90 Å². The average Bonchev–Trinajstić information content (AvgIpc) is 2.80. The van der Waals surface area contributed by atoms with E-state index in [9.17, 15) is 14.7 Å². The summed E-state index contributed by atoms with van der Waals surface area (Å²) >= 11 is 0. The van der Waals surface area contributed by atoms with Crippen LogP contribution in [0.3, 0.4) is 0 Å². The van der Waals surface area contributed by atoms with Gasteiger partial charge in [0.2, 0.25) is 0 Å². The number of fused-ring (bicyclic) bond motifs is 1. The average molecular weight is 469 g/mol. The van der Waals surface area contributed by atoms with Gasteiger partial charge in [-0.2, -0.15) is 0 Å². The van der Waals surface area contributed by atoms with Gasteiger partial charge in [-0.25, -0.2) is 4.79 Å². The number of carbonyl (C=O) groups excluding carboxylic acids is 1. The van der Waals surface area contributed by atoms with Gasteiger partial charge in [0.05, 0.1) is 16.9 Å². The summed E-state index contributed by atoms with van der Waals surface area (Å²) in [6.07, 6.45) is 4.00. The molecule has 1 heterocycles. The van der Waals surface area contributed by atoms with E-state index < -0.39 is 17.2 Å². The lowest BCUT2D eigenvalue weighted by atomic mass is 9.69. The number of amides is 1. The minimum absolute atomic E-state index is 0.167. The second-order valence-electron chi connectivity index (χ2n) is 10.8. The maximum atomic E-state index is 12.6. The van der Waals surface area contributed by atoms with Crippen LogP contribution in [0.15, 0.2) is 60.7 Å². The number of benzene rings is 2. The molecule has 1 fully saturated rings. The molecule has 0 bridgehead atoms. The van der Waals surface area contributed by atoms with E-state index in [0.717, 1.165) is 71.3 Å². The number of Topliss-reactive ketones (excluding diaryl/α,β-unsaturated/α-hetero) is 1. The first-order valence-electron chi connectivity index (χ1n) is 12.5. The summed E-state index contributed by atoms with van der Waals surface area (Å²) in [6.45, 7) is 5.88. The molecule has 2 aliphatic rings. The van der Waals surface area contributed by atoms with E-state index >= 15 is 0 Å². The van der Waals surface area contributed by atoms with Crippen molar-refractivity contribution >= 4 is 11.9 Å². The second-order valence-corrected chi connectivity index (χ2v) is 10.8. The molecule has 5 rings (SSSR count). The van der Waals surface area contributed by atoms with Crippen LogP contribution in [-0.2, 0) is 12.0 Å². The van der Waals surface area contributed by atoms with Gasteiger partial charge < -0.3 is 5.11 Å². The Morgan fingerprint density at radius 3 is 2.17 bits per heavy atom. The molecule has 0 saturated heterocycles. The standard InChI is InChI=1S/C30H32N2O3/c1-29(2,3)32(28(34)35)30(17-8-18-30)22-15-13-21(14-16-22)27-23(20-9-5-4-6-10-20)19-24-25(31-27)11-7-12-26(24)33/h4-6,9-10,13-16,19H,7-8,11-12,17-18H2,1-3H3,(H,34,35). The fourth-order valence-corrected chi connectivity index (χ4v) is 5.80. The van der Waals surface area contributed by atoms with Crippen LogP contribution in [0.1, 0.15) is 74.5 Å². The molecule has 1 saturated carbocycles. The van der Waals surface area contributed by atoms with Crippen molar-refractivity contribution in [2.24, 2.45) is 0 Å². The minimum atomic E-state index is -0.881. The van der Waals surface area contributed by atoms with Gasteiger partial charge in [0.1, 0.15) is 0 Å². The molecule has 5 nitrogen and oxygen atoms in total. The van der Waals surface area contributed by atoms with E-state index in [1.165, 1.54) is 0 Å². The Bertz CT molecular complexity index is 1270. The van der Waals surface area contributed by atoms with Crippen molar-refractivity contribution in [3.8, 4) is 22.4 Å². The van der Waals surface area contributed by atoms with Crippen LogP contribution < -0.4 is 0 Å². The van der Waals surface area contributed by atoms with Crippen molar-refractivity contribution in [3.63, 3.8) is 0 Å². The normalized spacial score (nSPS) is 16.8. The molecule has 35 heavy (non-hydrogen) atoms. The van der Waals surface area contributed by atoms with E-state index in [4.69, 9.17) is 4.98 Å². The molecule has 180 valence electrons. The first-order valence-corrected chi connectivity index (χ1v) is 12.5. The number of ketones is 1. The van der Waals surface area contributed by atoms with Crippen molar-refractivity contribution in [2.45, 2.75) is 70.4 Å². The summed E-state index contributed by atoms with van der Waals surface area (Å²) in [7, 11) is 0. The Morgan fingerprint density at radius 2 is 1.60 bits per heavy atom. The third-order valence-electron chi connectivity index (χ3n) is 7.47. The highest BCUT2D eigenvalue weighted by Gasteiger charge is 2.50. The Labute approximate surface area is 206 Å². The molecule has 1 aromatic heterocycles. The number of hydrogen-bond acceptors (Lipinski definition) is 3. The lowest BCUT2D eigenvalue weighted by Crippen LogP contribution is -2.60. The largest absolute Gasteiger partial charge is 0.465 e. The lowest BCUT2D eigenvalue weighted by Gasteiger charge is -2.54. The topological polar surface area (TPSA) is 70.5 Å². The predicted molar refractivity (Wildman–Crippen MR) is 138 cm³/mol. The van der Waals surface area contributed by atoms with E-state index in [2.05, 4.69) is 24.3 Å². The minimum Gasteiger partial charge on any atom is -0.465 e. The molecule has 0 atom stereocenters. The number of aromatic nitrogens is 1. The number of rotatable bonds is 4. The molecule has 0 unspecified atom stereocenters. The zero-order valence-electron chi connectivity index (χ0n) is 20.7. The highest BCUT2D eigenvalue weighted by molar-refractivity contribution is 6.00. The first-order chi connectivity index (χ1) is 16.7. The van der Waals surface area contributed by atoms with Crippen molar-refractivity contribution in [3.05, 3.63) is 77.5 Å². The molecular weight excluding hydrogens is 436 g/mol. The monoisotopic (exact) mass is 468 g/mol. The number of aryl methyl sites for hydroxylation is 1. The van der Waals surface area contributed by atoms with Gasteiger partial charge in [0.15, 0.2) is 5.78 Å². The van der Waals surface area contributed by atoms with Gasteiger partial charge >= 0.3 is 6.09 Å². The molecule has 2 aromatic carbocycles. The molecule has 5 heteroatoms. The highest BCUT2D eigenvalue weighted by atomic mass is 16.4. The van der Waals surface area contributed by atoms with Crippen LogP contribution in [0.4, 0.5) is 4.79 Å². The van der Waals surface area contributed by atoms with Crippen molar-refractivity contribution in [1.82, 2.24) is 9.88 Å². The van der Waals surface area contributed by atoms with Crippen molar-refractivity contribution < 1.29 is 14.7 Å². The van der Waals surface area contributed by atoms with E-state index in [-0.39, 0.29) is 5.78 Å². The van der Waals surface area contributed by atoms with Crippen LogP contribution in [-0.4, -0.2) is 32.4 Å². The summed E-state index contributed by atoms with van der Waals surface area (Å²) in [4.78, 5) is 31.6. The Hall–Kier alpha value is -3.47.